The van der Waals surface area contributed by atoms with Crippen LogP contribution in [-0.2, 0) is 0 Å². The predicted molar refractivity (Wildman–Crippen MR) is 53.4 cm³/mol. The van der Waals surface area contributed by atoms with Crippen LogP contribution in [0.5, 0.6) is 0 Å². The fourth-order valence-corrected chi connectivity index (χ4v) is 1.06. The molecule has 0 radical (unpaired) electrons. The topological polar surface area (TPSA) is 99.1 Å². The normalized spacial score (nSPS) is 9.86. The summed E-state index contributed by atoms with van der Waals surface area (Å²) >= 11 is 0. The second kappa shape index (κ2) is 4.52. The average molecular weight is 195 g/mol. The van der Waals surface area contributed by atoms with Crippen molar-refractivity contribution in [1.29, 1.82) is 5.41 Å². The van der Waals surface area contributed by atoms with Gasteiger partial charge in [-0.2, -0.15) is 0 Å². The molecule has 0 aromatic carbocycles. The maximum atomic E-state index is 8.75. The number of likely N-dealkylation sites (N-methyl/N-ethyl adjacent to an activating group) is 1. The van der Waals surface area contributed by atoms with E-state index in [0.717, 1.165) is 0 Å². The van der Waals surface area contributed by atoms with E-state index < -0.39 is 0 Å². The lowest BCUT2D eigenvalue weighted by atomic mass is 10.3. The predicted octanol–water partition coefficient (Wildman–Crippen LogP) is -0.811. The Balaban J connectivity index is 3.00. The highest BCUT2D eigenvalue weighted by Crippen LogP contribution is 2.11. The van der Waals surface area contributed by atoms with Crippen molar-refractivity contribution in [3.05, 3.63) is 18.1 Å². The van der Waals surface area contributed by atoms with Crippen molar-refractivity contribution in [2.24, 2.45) is 5.73 Å². The molecule has 4 N–H and O–H groups in total. The number of aliphatic hydroxyl groups is 1. The zero-order chi connectivity index (χ0) is 10.6. The molecule has 0 aliphatic carbocycles. The number of nitrogen functional groups attached to an aromatic ring is 1. The Morgan fingerprint density at radius 1 is 1.57 bits per heavy atom. The van der Waals surface area contributed by atoms with E-state index in [2.05, 4.69) is 9.97 Å². The fraction of sp³-hybridized carbons (Fsp3) is 0.375. The molecule has 1 rings (SSSR count). The standard InChI is InChI=1S/C8H13N5O/c1-13(4-5-14)8-6(7(9)10)11-2-3-12-8/h2-3,14H,4-5H2,1H3,(H3,9,10). The number of nitrogens with zero attached hydrogens (tertiary/aromatic N) is 3. The monoisotopic (exact) mass is 195 g/mol. The van der Waals surface area contributed by atoms with Gasteiger partial charge in [0.25, 0.3) is 0 Å². The van der Waals surface area contributed by atoms with Crippen LogP contribution in [0.2, 0.25) is 0 Å². The molecular formula is C8H13N5O. The number of aromatic nitrogens is 2. The van der Waals surface area contributed by atoms with E-state index in [4.69, 9.17) is 16.2 Å². The molecule has 0 bridgehead atoms. The summed E-state index contributed by atoms with van der Waals surface area (Å²) in [6.45, 7) is 0.448. The molecule has 0 saturated carbocycles. The molecule has 0 unspecified atom stereocenters. The summed E-state index contributed by atoms with van der Waals surface area (Å²) in [5.74, 6) is 0.381. The number of nitrogens with one attached hydrogen (secondary N) is 1. The summed E-state index contributed by atoms with van der Waals surface area (Å²) in [5, 5.41) is 16.0. The summed E-state index contributed by atoms with van der Waals surface area (Å²) in [6.07, 6.45) is 3.00. The van der Waals surface area contributed by atoms with Gasteiger partial charge in [0.05, 0.1) is 6.61 Å². The van der Waals surface area contributed by atoms with E-state index in [-0.39, 0.29) is 12.4 Å². The number of hydrogen-bond acceptors (Lipinski definition) is 5. The van der Waals surface area contributed by atoms with Gasteiger partial charge in [-0.15, -0.1) is 0 Å². The van der Waals surface area contributed by atoms with E-state index in [9.17, 15) is 0 Å². The fourth-order valence-electron chi connectivity index (χ4n) is 1.06. The Hall–Kier alpha value is -1.69. The number of anilines is 1. The van der Waals surface area contributed by atoms with Gasteiger partial charge in [-0.1, -0.05) is 0 Å². The third kappa shape index (κ3) is 2.17. The van der Waals surface area contributed by atoms with Gasteiger partial charge in [0, 0.05) is 26.0 Å². The van der Waals surface area contributed by atoms with E-state index >= 15 is 0 Å². The van der Waals surface area contributed by atoms with Gasteiger partial charge in [-0.05, 0) is 0 Å². The Morgan fingerprint density at radius 2 is 2.21 bits per heavy atom. The van der Waals surface area contributed by atoms with E-state index in [1.807, 2.05) is 0 Å². The van der Waals surface area contributed by atoms with Gasteiger partial charge in [-0.3, -0.25) is 5.41 Å². The second-order valence-corrected chi connectivity index (χ2v) is 2.79. The van der Waals surface area contributed by atoms with Crippen molar-refractivity contribution >= 4 is 11.7 Å². The number of rotatable bonds is 4. The molecule has 14 heavy (non-hydrogen) atoms. The molecule has 76 valence electrons. The molecule has 0 amide bonds. The van der Waals surface area contributed by atoms with Crippen LogP contribution in [-0.4, -0.2) is 41.1 Å². The Morgan fingerprint density at radius 3 is 2.79 bits per heavy atom. The maximum Gasteiger partial charge on any atom is 0.158 e. The molecule has 0 aliphatic rings. The van der Waals surface area contributed by atoms with Crippen molar-refractivity contribution in [2.75, 3.05) is 25.1 Å². The van der Waals surface area contributed by atoms with Gasteiger partial charge in [0.15, 0.2) is 5.82 Å². The van der Waals surface area contributed by atoms with Crippen LogP contribution in [0.3, 0.4) is 0 Å². The second-order valence-electron chi connectivity index (χ2n) is 2.79. The first-order valence-corrected chi connectivity index (χ1v) is 4.14. The smallest absolute Gasteiger partial charge is 0.158 e. The first kappa shape index (κ1) is 10.4. The Bertz CT molecular complexity index is 327. The third-order valence-corrected chi connectivity index (χ3v) is 1.73. The zero-order valence-electron chi connectivity index (χ0n) is 7.94. The first-order valence-electron chi connectivity index (χ1n) is 4.14. The first-order chi connectivity index (χ1) is 6.66. The van der Waals surface area contributed by atoms with Crippen LogP contribution in [0, 0.1) is 5.41 Å². The lowest BCUT2D eigenvalue weighted by Crippen LogP contribution is -2.27. The minimum atomic E-state index is -0.127. The van der Waals surface area contributed by atoms with Crippen LogP contribution >= 0.6 is 0 Å². The van der Waals surface area contributed by atoms with Crippen LogP contribution in [0.25, 0.3) is 0 Å². The van der Waals surface area contributed by atoms with Crippen molar-refractivity contribution < 1.29 is 5.11 Å². The molecule has 0 saturated heterocycles. The van der Waals surface area contributed by atoms with Gasteiger partial charge in [-0.25, -0.2) is 9.97 Å². The van der Waals surface area contributed by atoms with Gasteiger partial charge < -0.3 is 15.7 Å². The Kier molecular flexibility index (Phi) is 3.35. The largest absolute Gasteiger partial charge is 0.395 e. The molecule has 1 heterocycles. The lowest BCUT2D eigenvalue weighted by Gasteiger charge is -2.18. The van der Waals surface area contributed by atoms with Crippen molar-refractivity contribution in [1.82, 2.24) is 9.97 Å². The molecule has 0 atom stereocenters. The van der Waals surface area contributed by atoms with Crippen LogP contribution < -0.4 is 10.6 Å². The minimum Gasteiger partial charge on any atom is -0.395 e. The molecule has 0 aliphatic heterocycles. The highest BCUT2D eigenvalue weighted by Gasteiger charge is 2.11. The summed E-state index contributed by atoms with van der Waals surface area (Å²) in [4.78, 5) is 9.69. The zero-order valence-corrected chi connectivity index (χ0v) is 7.94. The molecule has 1 aromatic heterocycles. The van der Waals surface area contributed by atoms with E-state index in [0.29, 0.717) is 18.1 Å². The van der Waals surface area contributed by atoms with Gasteiger partial charge >= 0.3 is 0 Å². The van der Waals surface area contributed by atoms with Crippen LogP contribution in [0.15, 0.2) is 12.4 Å². The summed E-state index contributed by atoms with van der Waals surface area (Å²) < 4.78 is 0. The minimum absolute atomic E-state index is 0.0183. The van der Waals surface area contributed by atoms with Crippen molar-refractivity contribution in [3.63, 3.8) is 0 Å². The number of aliphatic hydroxyl groups excluding tert-OH is 1. The summed E-state index contributed by atoms with van der Waals surface area (Å²) in [7, 11) is 1.76. The molecule has 0 fully saturated rings. The van der Waals surface area contributed by atoms with E-state index in [1.165, 1.54) is 12.4 Å². The van der Waals surface area contributed by atoms with Gasteiger partial charge in [0.1, 0.15) is 11.5 Å². The summed E-state index contributed by atoms with van der Waals surface area (Å²) in [5.41, 5.74) is 5.68. The third-order valence-electron chi connectivity index (χ3n) is 1.73. The van der Waals surface area contributed by atoms with Crippen LogP contribution in [0.4, 0.5) is 5.82 Å². The molecular weight excluding hydrogens is 182 g/mol. The SMILES string of the molecule is CN(CCO)c1nccnc1C(=N)N. The molecule has 6 heteroatoms. The van der Waals surface area contributed by atoms with Crippen LogP contribution in [0.1, 0.15) is 5.69 Å². The average Bonchev–Trinajstić information content (AvgIpc) is 2.18. The lowest BCUT2D eigenvalue weighted by molar-refractivity contribution is 0.304. The Labute approximate surface area is 81.9 Å². The van der Waals surface area contributed by atoms with E-state index in [1.54, 1.807) is 11.9 Å². The molecule has 6 nitrogen and oxygen atoms in total. The quantitative estimate of drug-likeness (QED) is 0.431. The highest BCUT2D eigenvalue weighted by atomic mass is 16.3. The maximum absolute atomic E-state index is 8.75. The highest BCUT2D eigenvalue weighted by molar-refractivity contribution is 5.97. The number of amidine groups is 1. The van der Waals surface area contributed by atoms with Crippen molar-refractivity contribution in [3.8, 4) is 0 Å². The number of nitrogens with two attached hydrogens (primary N) is 1. The van der Waals surface area contributed by atoms with Crippen molar-refractivity contribution in [2.45, 2.75) is 0 Å². The molecule has 1 aromatic rings. The van der Waals surface area contributed by atoms with Gasteiger partial charge in [0.2, 0.25) is 0 Å². The number of hydrogen-bond donors (Lipinski definition) is 3. The summed E-state index contributed by atoms with van der Waals surface area (Å²) in [6, 6.07) is 0. The molecule has 0 spiro atoms.